The van der Waals surface area contributed by atoms with Gasteiger partial charge >= 0.3 is 0 Å². The highest BCUT2D eigenvalue weighted by atomic mass is 35.5. The zero-order chi connectivity index (χ0) is 11.7. The van der Waals surface area contributed by atoms with Gasteiger partial charge in [0, 0.05) is 19.2 Å². The second kappa shape index (κ2) is 4.30. The van der Waals surface area contributed by atoms with Crippen molar-refractivity contribution in [3.63, 3.8) is 0 Å². The highest BCUT2D eigenvalue weighted by Gasteiger charge is 2.10. The third-order valence-electron chi connectivity index (χ3n) is 2.72. The number of nitrogens with zero attached hydrogens (tertiary/aromatic N) is 3. The highest BCUT2D eigenvalue weighted by molar-refractivity contribution is 6.37. The van der Waals surface area contributed by atoms with Crippen LogP contribution in [0.25, 0.3) is 11.0 Å². The molecule has 0 radical (unpaired) electrons. The van der Waals surface area contributed by atoms with E-state index in [0.29, 0.717) is 16.2 Å². The summed E-state index contributed by atoms with van der Waals surface area (Å²) in [7, 11) is 0. The number of aromatic nitrogens is 2. The Morgan fingerprint density at radius 1 is 1.35 bits per heavy atom. The third kappa shape index (κ3) is 1.96. The van der Waals surface area contributed by atoms with Crippen molar-refractivity contribution in [2.24, 2.45) is 4.99 Å². The molecule has 1 aliphatic rings. The quantitative estimate of drug-likeness (QED) is 0.842. The molecule has 0 saturated carbocycles. The minimum absolute atomic E-state index is 0.566. The number of amidine groups is 1. The molecule has 17 heavy (non-hydrogen) atoms. The summed E-state index contributed by atoms with van der Waals surface area (Å²) in [5.74, 6) is 0.976. The average molecular weight is 247 g/mol. The highest BCUT2D eigenvalue weighted by Crippen LogP contribution is 2.30. The Morgan fingerprint density at radius 3 is 3.12 bits per heavy atom. The van der Waals surface area contributed by atoms with E-state index in [4.69, 9.17) is 11.6 Å². The van der Waals surface area contributed by atoms with Crippen molar-refractivity contribution in [3.8, 4) is 0 Å². The minimum Gasteiger partial charge on any atom is -0.373 e. The summed E-state index contributed by atoms with van der Waals surface area (Å²) >= 11 is 6.28. The van der Waals surface area contributed by atoms with E-state index < -0.39 is 0 Å². The first-order chi connectivity index (χ1) is 8.34. The van der Waals surface area contributed by atoms with Gasteiger partial charge in [-0.05, 0) is 18.6 Å². The summed E-state index contributed by atoms with van der Waals surface area (Å²) < 4.78 is 0. The van der Waals surface area contributed by atoms with Gasteiger partial charge in [-0.1, -0.05) is 11.6 Å². The fourth-order valence-corrected chi connectivity index (χ4v) is 2.11. The first-order valence-corrected chi connectivity index (χ1v) is 5.93. The summed E-state index contributed by atoms with van der Waals surface area (Å²) in [6.45, 7) is 0.982. The van der Waals surface area contributed by atoms with Gasteiger partial charge < -0.3 is 5.32 Å². The molecule has 4 nitrogen and oxygen atoms in total. The van der Waals surface area contributed by atoms with Gasteiger partial charge in [-0.3, -0.25) is 9.97 Å². The monoisotopic (exact) mass is 246 g/mol. The lowest BCUT2D eigenvalue weighted by Gasteiger charge is -2.03. The van der Waals surface area contributed by atoms with Crippen molar-refractivity contribution in [1.82, 2.24) is 15.3 Å². The van der Waals surface area contributed by atoms with Crippen molar-refractivity contribution < 1.29 is 0 Å². The smallest absolute Gasteiger partial charge is 0.109 e. The van der Waals surface area contributed by atoms with Crippen LogP contribution in [0, 0.1) is 0 Å². The third-order valence-corrected chi connectivity index (χ3v) is 3.09. The first-order valence-electron chi connectivity index (χ1n) is 5.55. The molecular formula is C12H11ClN4. The number of hydrogen-bond donors (Lipinski definition) is 1. The SMILES string of the molecule is Clc1c(/N=C2\CCCN2)cnc2cccnc12. The van der Waals surface area contributed by atoms with Gasteiger partial charge in [-0.25, -0.2) is 4.99 Å². The van der Waals surface area contributed by atoms with Crippen molar-refractivity contribution in [3.05, 3.63) is 29.5 Å². The topological polar surface area (TPSA) is 50.2 Å². The van der Waals surface area contributed by atoms with E-state index in [0.717, 1.165) is 30.7 Å². The maximum Gasteiger partial charge on any atom is 0.109 e. The maximum atomic E-state index is 6.28. The molecule has 0 aromatic carbocycles. The largest absolute Gasteiger partial charge is 0.373 e. The van der Waals surface area contributed by atoms with Crippen LogP contribution in [0.3, 0.4) is 0 Å². The Hall–Kier alpha value is -1.68. The second-order valence-electron chi connectivity index (χ2n) is 3.92. The molecule has 1 aliphatic heterocycles. The number of hydrogen-bond acceptors (Lipinski definition) is 3. The van der Waals surface area contributed by atoms with Crippen LogP contribution >= 0.6 is 11.6 Å². The Morgan fingerprint density at radius 2 is 2.29 bits per heavy atom. The molecule has 5 heteroatoms. The van der Waals surface area contributed by atoms with Crippen LogP contribution < -0.4 is 5.32 Å². The molecular weight excluding hydrogens is 236 g/mol. The van der Waals surface area contributed by atoms with Crippen LogP contribution in [-0.4, -0.2) is 22.3 Å². The summed E-state index contributed by atoms with van der Waals surface area (Å²) in [4.78, 5) is 13.0. The van der Waals surface area contributed by atoms with Crippen LogP contribution in [-0.2, 0) is 0 Å². The summed E-state index contributed by atoms with van der Waals surface area (Å²) in [5.41, 5.74) is 2.18. The molecule has 0 atom stereocenters. The van der Waals surface area contributed by atoms with Gasteiger partial charge in [0.2, 0.25) is 0 Å². The first kappa shape index (κ1) is 10.5. The lowest BCUT2D eigenvalue weighted by molar-refractivity contribution is 0.912. The van der Waals surface area contributed by atoms with Crippen molar-refractivity contribution >= 4 is 34.2 Å². The van der Waals surface area contributed by atoms with E-state index in [1.165, 1.54) is 0 Å². The van der Waals surface area contributed by atoms with E-state index in [9.17, 15) is 0 Å². The van der Waals surface area contributed by atoms with Crippen molar-refractivity contribution in [1.29, 1.82) is 0 Å². The van der Waals surface area contributed by atoms with Crippen molar-refractivity contribution in [2.45, 2.75) is 12.8 Å². The Kier molecular flexibility index (Phi) is 2.65. The van der Waals surface area contributed by atoms with E-state index in [1.807, 2.05) is 12.1 Å². The predicted octanol–water partition coefficient (Wildman–Crippen LogP) is 2.70. The molecule has 3 rings (SSSR count). The second-order valence-corrected chi connectivity index (χ2v) is 4.30. The van der Waals surface area contributed by atoms with Crippen molar-refractivity contribution in [2.75, 3.05) is 6.54 Å². The molecule has 0 amide bonds. The predicted molar refractivity (Wildman–Crippen MR) is 68.9 cm³/mol. The zero-order valence-electron chi connectivity index (χ0n) is 9.15. The fraction of sp³-hybridized carbons (Fsp3) is 0.250. The molecule has 1 N–H and O–H groups in total. The molecule has 3 heterocycles. The Labute approximate surface area is 104 Å². The number of rotatable bonds is 1. The Bertz CT molecular complexity index is 586. The molecule has 1 saturated heterocycles. The van der Waals surface area contributed by atoms with Gasteiger partial charge in [-0.2, -0.15) is 0 Å². The maximum absolute atomic E-state index is 6.28. The summed E-state index contributed by atoms with van der Waals surface area (Å²) in [6, 6.07) is 3.73. The Balaban J connectivity index is 2.11. The molecule has 0 bridgehead atoms. The molecule has 86 valence electrons. The van der Waals surface area contributed by atoms with E-state index >= 15 is 0 Å². The number of halogens is 1. The van der Waals surface area contributed by atoms with Crippen LogP contribution in [0.4, 0.5) is 5.69 Å². The van der Waals surface area contributed by atoms with Crippen LogP contribution in [0.15, 0.2) is 29.5 Å². The minimum atomic E-state index is 0.566. The summed E-state index contributed by atoms with van der Waals surface area (Å²) in [6.07, 6.45) is 5.49. The average Bonchev–Trinajstić information content (AvgIpc) is 2.86. The number of nitrogens with one attached hydrogen (secondary N) is 1. The van der Waals surface area contributed by atoms with Gasteiger partial charge in [-0.15, -0.1) is 0 Å². The molecule has 0 aliphatic carbocycles. The molecule has 0 spiro atoms. The van der Waals surface area contributed by atoms with Crippen LogP contribution in [0.1, 0.15) is 12.8 Å². The lowest BCUT2D eigenvalue weighted by Crippen LogP contribution is -2.13. The van der Waals surface area contributed by atoms with E-state index in [-0.39, 0.29) is 0 Å². The van der Waals surface area contributed by atoms with Gasteiger partial charge in [0.25, 0.3) is 0 Å². The zero-order valence-corrected chi connectivity index (χ0v) is 9.91. The standard InChI is InChI=1S/C12H11ClN4/c13-11-9(17-10-4-2-5-14-10)7-16-8-3-1-6-15-12(8)11/h1,3,6-7H,2,4-5H2,(H,14,17). The van der Waals surface area contributed by atoms with Gasteiger partial charge in [0.15, 0.2) is 0 Å². The number of aliphatic imine (C=N–C) groups is 1. The van der Waals surface area contributed by atoms with Gasteiger partial charge in [0.05, 0.1) is 16.7 Å². The molecule has 2 aromatic rings. The number of fused-ring (bicyclic) bond motifs is 1. The lowest BCUT2D eigenvalue weighted by atomic mass is 10.3. The van der Waals surface area contributed by atoms with E-state index in [1.54, 1.807) is 12.4 Å². The van der Waals surface area contributed by atoms with E-state index in [2.05, 4.69) is 20.3 Å². The number of pyridine rings is 2. The van der Waals surface area contributed by atoms with Gasteiger partial charge in [0.1, 0.15) is 17.0 Å². The normalized spacial score (nSPS) is 17.6. The summed E-state index contributed by atoms with van der Waals surface area (Å²) in [5, 5.41) is 3.79. The van der Waals surface area contributed by atoms with Crippen LogP contribution in [0.5, 0.6) is 0 Å². The fourth-order valence-electron chi connectivity index (χ4n) is 1.87. The molecule has 2 aromatic heterocycles. The molecule has 0 unspecified atom stereocenters. The molecule has 1 fully saturated rings. The van der Waals surface area contributed by atoms with Crippen LogP contribution in [0.2, 0.25) is 5.02 Å².